The van der Waals surface area contributed by atoms with Gasteiger partial charge in [-0.05, 0) is 31.4 Å². The predicted molar refractivity (Wildman–Crippen MR) is 79.4 cm³/mol. The third-order valence-corrected chi connectivity index (χ3v) is 4.01. The zero-order chi connectivity index (χ0) is 14.8. The monoisotopic (exact) mass is 283 g/mol. The largest absolute Gasteiger partial charge is 0.478 e. The summed E-state index contributed by atoms with van der Waals surface area (Å²) in [6.07, 6.45) is 4.89. The average Bonchev–Trinajstić information content (AvgIpc) is 2.50. The Morgan fingerprint density at radius 2 is 2.24 bits per heavy atom. The minimum absolute atomic E-state index is 0.174. The van der Waals surface area contributed by atoms with E-state index in [-0.39, 0.29) is 5.56 Å². The lowest BCUT2D eigenvalue weighted by Gasteiger charge is -2.37. The third-order valence-electron chi connectivity index (χ3n) is 4.01. The van der Waals surface area contributed by atoms with Crippen LogP contribution in [-0.4, -0.2) is 27.1 Å². The van der Waals surface area contributed by atoms with Gasteiger partial charge in [0, 0.05) is 17.9 Å². The molecule has 2 aromatic rings. The normalized spacial score (nSPS) is 17.4. The van der Waals surface area contributed by atoms with Crippen LogP contribution >= 0.6 is 0 Å². The van der Waals surface area contributed by atoms with Crippen LogP contribution in [0.1, 0.15) is 35.0 Å². The summed E-state index contributed by atoms with van der Waals surface area (Å²) in [5.74, 6) is -0.983. The second-order valence-electron chi connectivity index (χ2n) is 5.33. The SMILES string of the molecule is CC1CCc2ccccc2N1Cc1ncncc1C(=O)O. The van der Waals surface area contributed by atoms with Gasteiger partial charge in [0.25, 0.3) is 0 Å². The van der Waals surface area contributed by atoms with E-state index in [9.17, 15) is 9.90 Å². The van der Waals surface area contributed by atoms with E-state index in [0.717, 1.165) is 12.8 Å². The fourth-order valence-electron chi connectivity index (χ4n) is 2.82. The van der Waals surface area contributed by atoms with E-state index in [1.807, 2.05) is 12.1 Å². The van der Waals surface area contributed by atoms with Gasteiger partial charge in [-0.2, -0.15) is 0 Å². The minimum atomic E-state index is -0.983. The van der Waals surface area contributed by atoms with Crippen LogP contribution in [0.25, 0.3) is 0 Å². The maximum Gasteiger partial charge on any atom is 0.339 e. The molecule has 0 radical (unpaired) electrons. The van der Waals surface area contributed by atoms with E-state index < -0.39 is 5.97 Å². The van der Waals surface area contributed by atoms with Crippen LogP contribution in [0.3, 0.4) is 0 Å². The lowest BCUT2D eigenvalue weighted by molar-refractivity contribution is 0.0694. The number of nitrogens with zero attached hydrogens (tertiary/aromatic N) is 3. The molecule has 5 nitrogen and oxygen atoms in total. The van der Waals surface area contributed by atoms with E-state index in [4.69, 9.17) is 0 Å². The van der Waals surface area contributed by atoms with Gasteiger partial charge in [0.15, 0.2) is 0 Å². The van der Waals surface area contributed by atoms with Gasteiger partial charge in [-0.1, -0.05) is 18.2 Å². The molecular formula is C16H17N3O2. The summed E-state index contributed by atoms with van der Waals surface area (Å²) in [5, 5.41) is 9.26. The van der Waals surface area contributed by atoms with Crippen LogP contribution in [0.5, 0.6) is 0 Å². The molecule has 0 saturated carbocycles. The standard InChI is InChI=1S/C16H17N3O2/c1-11-6-7-12-4-2-3-5-15(12)19(11)9-14-13(16(20)21)8-17-10-18-14/h2-5,8,10-11H,6-7,9H2,1H3,(H,20,21). The average molecular weight is 283 g/mol. The Balaban J connectivity index is 1.97. The van der Waals surface area contributed by atoms with Crippen molar-refractivity contribution >= 4 is 11.7 Å². The number of anilines is 1. The highest BCUT2D eigenvalue weighted by Gasteiger charge is 2.24. The molecule has 0 amide bonds. The highest BCUT2D eigenvalue weighted by atomic mass is 16.4. The summed E-state index contributed by atoms with van der Waals surface area (Å²) in [6, 6.07) is 8.64. The van der Waals surface area contributed by atoms with Crippen molar-refractivity contribution in [1.29, 1.82) is 0 Å². The lowest BCUT2D eigenvalue weighted by Crippen LogP contribution is -2.37. The number of carbonyl (C=O) groups is 1. The minimum Gasteiger partial charge on any atom is -0.478 e. The van der Waals surface area contributed by atoms with Gasteiger partial charge < -0.3 is 10.0 Å². The van der Waals surface area contributed by atoms with Crippen molar-refractivity contribution in [3.8, 4) is 0 Å². The number of carboxylic acid groups (broad SMARTS) is 1. The molecule has 1 aromatic heterocycles. The van der Waals surface area contributed by atoms with Crippen LogP contribution in [0.15, 0.2) is 36.8 Å². The number of carboxylic acids is 1. The maximum atomic E-state index is 11.3. The molecule has 1 aliphatic heterocycles. The van der Waals surface area contributed by atoms with Crippen LogP contribution < -0.4 is 4.90 Å². The molecule has 21 heavy (non-hydrogen) atoms. The molecule has 1 unspecified atom stereocenters. The molecular weight excluding hydrogens is 266 g/mol. The quantitative estimate of drug-likeness (QED) is 0.937. The number of hydrogen-bond acceptors (Lipinski definition) is 4. The fourth-order valence-corrected chi connectivity index (χ4v) is 2.82. The van der Waals surface area contributed by atoms with Crippen molar-refractivity contribution in [2.75, 3.05) is 4.90 Å². The molecule has 3 rings (SSSR count). The summed E-state index contributed by atoms with van der Waals surface area (Å²) >= 11 is 0. The van der Waals surface area contributed by atoms with Gasteiger partial charge in [0.1, 0.15) is 11.9 Å². The van der Waals surface area contributed by atoms with Gasteiger partial charge in [-0.25, -0.2) is 14.8 Å². The maximum absolute atomic E-state index is 11.3. The van der Waals surface area contributed by atoms with Crippen molar-refractivity contribution in [3.63, 3.8) is 0 Å². The zero-order valence-corrected chi connectivity index (χ0v) is 11.9. The van der Waals surface area contributed by atoms with Gasteiger partial charge in [-0.3, -0.25) is 0 Å². The first-order valence-corrected chi connectivity index (χ1v) is 7.03. The van der Waals surface area contributed by atoms with Gasteiger partial charge in [-0.15, -0.1) is 0 Å². The topological polar surface area (TPSA) is 66.3 Å². The predicted octanol–water partition coefficient (Wildman–Crippen LogP) is 2.52. The Kier molecular flexibility index (Phi) is 3.56. The Hall–Kier alpha value is -2.43. The van der Waals surface area contributed by atoms with Crippen LogP contribution in [-0.2, 0) is 13.0 Å². The van der Waals surface area contributed by atoms with Gasteiger partial charge in [0.05, 0.1) is 12.2 Å². The van der Waals surface area contributed by atoms with Crippen molar-refractivity contribution in [1.82, 2.24) is 9.97 Å². The first kappa shape index (κ1) is 13.5. The second-order valence-corrected chi connectivity index (χ2v) is 5.33. The molecule has 1 atom stereocenters. The van der Waals surface area contributed by atoms with E-state index in [1.54, 1.807) is 0 Å². The first-order chi connectivity index (χ1) is 10.2. The number of rotatable bonds is 3. The molecule has 0 fully saturated rings. The highest BCUT2D eigenvalue weighted by molar-refractivity contribution is 5.88. The Morgan fingerprint density at radius 1 is 1.43 bits per heavy atom. The smallest absolute Gasteiger partial charge is 0.339 e. The molecule has 108 valence electrons. The van der Waals surface area contributed by atoms with Crippen molar-refractivity contribution in [2.24, 2.45) is 0 Å². The molecule has 0 spiro atoms. The summed E-state index contributed by atoms with van der Waals surface area (Å²) in [6.45, 7) is 2.65. The summed E-state index contributed by atoms with van der Waals surface area (Å²) in [5.41, 5.74) is 3.21. The molecule has 1 aliphatic rings. The molecule has 1 N–H and O–H groups in total. The van der Waals surface area contributed by atoms with Crippen LogP contribution in [0, 0.1) is 0 Å². The Morgan fingerprint density at radius 3 is 3.05 bits per heavy atom. The zero-order valence-electron chi connectivity index (χ0n) is 11.9. The van der Waals surface area contributed by atoms with E-state index in [0.29, 0.717) is 18.3 Å². The second kappa shape index (κ2) is 5.52. The number of fused-ring (bicyclic) bond motifs is 1. The molecule has 0 saturated heterocycles. The Bertz CT molecular complexity index is 672. The van der Waals surface area contributed by atoms with Crippen LogP contribution in [0.4, 0.5) is 5.69 Å². The van der Waals surface area contributed by atoms with Crippen molar-refractivity contribution in [2.45, 2.75) is 32.4 Å². The summed E-state index contributed by atoms with van der Waals surface area (Å²) in [7, 11) is 0. The van der Waals surface area contributed by atoms with Crippen molar-refractivity contribution in [3.05, 3.63) is 53.6 Å². The molecule has 0 bridgehead atoms. The number of benzene rings is 1. The molecule has 2 heterocycles. The fraction of sp³-hybridized carbons (Fsp3) is 0.312. The van der Waals surface area contributed by atoms with E-state index >= 15 is 0 Å². The first-order valence-electron chi connectivity index (χ1n) is 7.03. The number of aryl methyl sites for hydroxylation is 1. The number of para-hydroxylation sites is 1. The molecule has 1 aromatic carbocycles. The van der Waals surface area contributed by atoms with E-state index in [1.165, 1.54) is 23.8 Å². The van der Waals surface area contributed by atoms with Gasteiger partial charge >= 0.3 is 5.97 Å². The van der Waals surface area contributed by atoms with Crippen LogP contribution in [0.2, 0.25) is 0 Å². The third kappa shape index (κ3) is 2.59. The number of hydrogen-bond donors (Lipinski definition) is 1. The summed E-state index contributed by atoms with van der Waals surface area (Å²) < 4.78 is 0. The van der Waals surface area contributed by atoms with Crippen molar-refractivity contribution < 1.29 is 9.90 Å². The van der Waals surface area contributed by atoms with E-state index in [2.05, 4.69) is 33.9 Å². The lowest BCUT2D eigenvalue weighted by atomic mass is 9.96. The highest BCUT2D eigenvalue weighted by Crippen LogP contribution is 2.31. The number of aromatic carboxylic acids is 1. The van der Waals surface area contributed by atoms with Gasteiger partial charge in [0.2, 0.25) is 0 Å². The number of aromatic nitrogens is 2. The molecule has 5 heteroatoms. The Labute approximate surface area is 123 Å². The molecule has 0 aliphatic carbocycles. The summed E-state index contributed by atoms with van der Waals surface area (Å²) in [4.78, 5) is 21.5.